The van der Waals surface area contributed by atoms with Crippen LogP contribution in [0.25, 0.3) is 0 Å². The Morgan fingerprint density at radius 1 is 1.07 bits per heavy atom. The lowest BCUT2D eigenvalue weighted by atomic mass is 10.0. The van der Waals surface area contributed by atoms with Crippen molar-refractivity contribution in [2.45, 2.75) is 25.9 Å². The zero-order valence-electron chi connectivity index (χ0n) is 16.0. The van der Waals surface area contributed by atoms with Crippen molar-refractivity contribution in [3.8, 4) is 5.75 Å². The highest BCUT2D eigenvalue weighted by atomic mass is 19.1. The lowest BCUT2D eigenvalue weighted by Crippen LogP contribution is -2.27. The minimum Gasteiger partial charge on any atom is -0.482 e. The van der Waals surface area contributed by atoms with Crippen LogP contribution in [0.4, 0.5) is 8.78 Å². The van der Waals surface area contributed by atoms with Crippen LogP contribution >= 0.6 is 0 Å². The SMILES string of the molecule is Nn1cc(CCCc2ccc(F)cc2F)c(=O)c(OCc2ccccc2)c1C(=O)O. The molecule has 0 fully saturated rings. The van der Waals surface area contributed by atoms with Gasteiger partial charge < -0.3 is 15.7 Å². The number of ether oxygens (including phenoxy) is 1. The maximum atomic E-state index is 13.8. The minimum atomic E-state index is -1.39. The molecule has 30 heavy (non-hydrogen) atoms. The number of halogens is 2. The average molecular weight is 414 g/mol. The van der Waals surface area contributed by atoms with E-state index in [-0.39, 0.29) is 30.8 Å². The Hall–Kier alpha value is -3.68. The number of nitrogens with two attached hydrogens (primary N) is 1. The largest absolute Gasteiger partial charge is 0.482 e. The van der Waals surface area contributed by atoms with Crippen LogP contribution in [-0.2, 0) is 19.4 Å². The third-order valence-electron chi connectivity index (χ3n) is 4.60. The maximum Gasteiger partial charge on any atom is 0.358 e. The summed E-state index contributed by atoms with van der Waals surface area (Å²) >= 11 is 0. The number of nitrogens with zero attached hydrogens (tertiary/aromatic N) is 1. The first-order chi connectivity index (χ1) is 14.4. The Labute approximate surface area is 171 Å². The Bertz CT molecular complexity index is 1110. The summed E-state index contributed by atoms with van der Waals surface area (Å²) < 4.78 is 33.2. The molecule has 0 aliphatic rings. The highest BCUT2D eigenvalue weighted by Gasteiger charge is 2.22. The summed E-state index contributed by atoms with van der Waals surface area (Å²) in [7, 11) is 0. The number of carboxylic acids is 1. The predicted molar refractivity (Wildman–Crippen MR) is 107 cm³/mol. The van der Waals surface area contributed by atoms with Gasteiger partial charge >= 0.3 is 5.97 Å². The molecule has 0 radical (unpaired) electrons. The summed E-state index contributed by atoms with van der Waals surface area (Å²) in [5.74, 6) is 2.75. The third kappa shape index (κ3) is 4.83. The maximum absolute atomic E-state index is 13.8. The molecule has 0 spiro atoms. The first-order valence-corrected chi connectivity index (χ1v) is 9.24. The van der Waals surface area contributed by atoms with E-state index in [0.29, 0.717) is 12.0 Å². The van der Waals surface area contributed by atoms with Crippen molar-refractivity contribution >= 4 is 5.97 Å². The van der Waals surface area contributed by atoms with Crippen molar-refractivity contribution in [2.24, 2.45) is 0 Å². The number of hydrogen-bond donors (Lipinski definition) is 2. The van der Waals surface area contributed by atoms with Crippen molar-refractivity contribution in [2.75, 3.05) is 5.84 Å². The molecule has 0 unspecified atom stereocenters. The van der Waals surface area contributed by atoms with E-state index in [0.717, 1.165) is 16.3 Å². The molecule has 0 amide bonds. The topological polar surface area (TPSA) is 94.5 Å². The zero-order chi connectivity index (χ0) is 21.7. The van der Waals surface area contributed by atoms with Gasteiger partial charge in [-0.3, -0.25) is 9.47 Å². The first kappa shape index (κ1) is 21.0. The van der Waals surface area contributed by atoms with Gasteiger partial charge in [-0.05, 0) is 36.5 Å². The Kier molecular flexibility index (Phi) is 6.46. The molecule has 0 atom stereocenters. The molecule has 6 nitrogen and oxygen atoms in total. The highest BCUT2D eigenvalue weighted by Crippen LogP contribution is 2.18. The van der Waals surface area contributed by atoms with E-state index in [1.54, 1.807) is 24.3 Å². The molecular formula is C22H20F2N2O4. The van der Waals surface area contributed by atoms with Gasteiger partial charge in [0.1, 0.15) is 18.2 Å². The number of aromatic nitrogens is 1. The average Bonchev–Trinajstić information content (AvgIpc) is 2.71. The standard InChI is InChI=1S/C22H20F2N2O4/c23-17-10-9-15(18(24)11-17)7-4-8-16-12-26(25)19(22(28)29)21(20(16)27)30-13-14-5-2-1-3-6-14/h1-3,5-6,9-12H,4,7-8,13,25H2,(H,28,29). The van der Waals surface area contributed by atoms with Crippen LogP contribution in [0.5, 0.6) is 5.75 Å². The second-order valence-electron chi connectivity index (χ2n) is 6.74. The van der Waals surface area contributed by atoms with Crippen molar-refractivity contribution < 1.29 is 23.4 Å². The predicted octanol–water partition coefficient (Wildman–Crippen LogP) is 3.29. The summed E-state index contributed by atoms with van der Waals surface area (Å²) in [4.78, 5) is 24.4. The number of aromatic carboxylic acids is 1. The molecule has 0 saturated carbocycles. The van der Waals surface area contributed by atoms with Gasteiger partial charge in [0.2, 0.25) is 11.2 Å². The molecule has 8 heteroatoms. The fraction of sp³-hybridized carbons (Fsp3) is 0.182. The molecule has 0 aliphatic heterocycles. The second-order valence-corrected chi connectivity index (χ2v) is 6.74. The van der Waals surface area contributed by atoms with Gasteiger partial charge in [0.05, 0.1) is 0 Å². The van der Waals surface area contributed by atoms with Crippen LogP contribution < -0.4 is 16.0 Å². The fourth-order valence-corrected chi connectivity index (χ4v) is 3.10. The number of carboxylic acid groups (broad SMARTS) is 1. The van der Waals surface area contributed by atoms with Crippen molar-refractivity contribution in [1.82, 2.24) is 4.68 Å². The summed E-state index contributed by atoms with van der Waals surface area (Å²) in [5, 5.41) is 9.44. The molecule has 3 N–H and O–H groups in total. The van der Waals surface area contributed by atoms with Crippen LogP contribution in [0.1, 0.15) is 33.6 Å². The van der Waals surface area contributed by atoms with E-state index in [9.17, 15) is 23.5 Å². The number of nitrogen functional groups attached to an aromatic ring is 1. The van der Waals surface area contributed by atoms with Gasteiger partial charge in [0, 0.05) is 17.8 Å². The first-order valence-electron chi connectivity index (χ1n) is 9.24. The minimum absolute atomic E-state index is 0.000599. The van der Waals surface area contributed by atoms with Crippen LogP contribution in [-0.4, -0.2) is 15.8 Å². The molecule has 156 valence electrons. The monoisotopic (exact) mass is 414 g/mol. The number of rotatable bonds is 8. The van der Waals surface area contributed by atoms with E-state index in [2.05, 4.69) is 0 Å². The Morgan fingerprint density at radius 2 is 1.77 bits per heavy atom. The molecule has 1 heterocycles. The fourth-order valence-electron chi connectivity index (χ4n) is 3.10. The normalized spacial score (nSPS) is 10.7. The van der Waals surface area contributed by atoms with Gasteiger partial charge in [0.25, 0.3) is 0 Å². The van der Waals surface area contributed by atoms with Crippen LogP contribution in [0.3, 0.4) is 0 Å². The third-order valence-corrected chi connectivity index (χ3v) is 4.60. The lowest BCUT2D eigenvalue weighted by Gasteiger charge is -2.14. The Balaban J connectivity index is 1.81. The number of hydrogen-bond acceptors (Lipinski definition) is 4. The van der Waals surface area contributed by atoms with E-state index in [1.165, 1.54) is 18.3 Å². The molecule has 3 aromatic rings. The van der Waals surface area contributed by atoms with Crippen molar-refractivity contribution in [3.63, 3.8) is 0 Å². The zero-order valence-corrected chi connectivity index (χ0v) is 16.0. The summed E-state index contributed by atoms with van der Waals surface area (Å²) in [5.41, 5.74) is 0.295. The van der Waals surface area contributed by atoms with E-state index < -0.39 is 28.7 Å². The number of benzene rings is 2. The second kappa shape index (κ2) is 9.21. The van der Waals surface area contributed by atoms with Crippen LogP contribution in [0.2, 0.25) is 0 Å². The van der Waals surface area contributed by atoms with Crippen LogP contribution in [0, 0.1) is 11.6 Å². The molecule has 1 aromatic heterocycles. The summed E-state index contributed by atoms with van der Waals surface area (Å²) in [6.07, 6.45) is 2.11. The van der Waals surface area contributed by atoms with Crippen molar-refractivity contribution in [1.29, 1.82) is 0 Å². The summed E-state index contributed by atoms with van der Waals surface area (Å²) in [6.45, 7) is 0.000599. The van der Waals surface area contributed by atoms with Gasteiger partial charge in [-0.2, -0.15) is 0 Å². The lowest BCUT2D eigenvalue weighted by molar-refractivity contribution is 0.0680. The van der Waals surface area contributed by atoms with E-state index >= 15 is 0 Å². The Morgan fingerprint density at radius 3 is 2.43 bits per heavy atom. The summed E-state index contributed by atoms with van der Waals surface area (Å²) in [6, 6.07) is 12.3. The quantitative estimate of drug-likeness (QED) is 0.552. The van der Waals surface area contributed by atoms with Crippen molar-refractivity contribution in [3.05, 3.63) is 99.0 Å². The number of pyridine rings is 1. The smallest absolute Gasteiger partial charge is 0.358 e. The number of carbonyl (C=O) groups is 1. The molecule has 0 bridgehead atoms. The van der Waals surface area contributed by atoms with Gasteiger partial charge in [0.15, 0.2) is 5.69 Å². The molecule has 0 saturated heterocycles. The van der Waals surface area contributed by atoms with E-state index in [4.69, 9.17) is 10.6 Å². The molecule has 2 aromatic carbocycles. The van der Waals surface area contributed by atoms with Gasteiger partial charge in [-0.25, -0.2) is 13.6 Å². The van der Waals surface area contributed by atoms with Gasteiger partial charge in [-0.1, -0.05) is 36.4 Å². The number of aryl methyl sites for hydroxylation is 2. The van der Waals surface area contributed by atoms with Gasteiger partial charge in [-0.15, -0.1) is 0 Å². The molecular weight excluding hydrogens is 394 g/mol. The highest BCUT2D eigenvalue weighted by molar-refractivity contribution is 5.89. The molecule has 0 aliphatic carbocycles. The van der Waals surface area contributed by atoms with Crippen LogP contribution in [0.15, 0.2) is 59.5 Å². The molecule has 3 rings (SSSR count). The van der Waals surface area contributed by atoms with E-state index in [1.807, 2.05) is 6.07 Å².